The molecule has 2 rings (SSSR count). The highest BCUT2D eigenvalue weighted by Crippen LogP contribution is 2.42. The standard InChI is InChI=1S/C10H17N3OS/c1-3-6-5-7(6)12-10-8(14-4-2)9(11)13-15-10/h6-7,12H,3-5H2,1-2H3,(H2,11,13). The van der Waals surface area contributed by atoms with Gasteiger partial charge in [-0.15, -0.1) is 0 Å². The molecule has 0 amide bonds. The molecular formula is C10H17N3OS. The molecule has 0 aromatic carbocycles. The lowest BCUT2D eigenvalue weighted by atomic mass is 10.3. The zero-order valence-electron chi connectivity index (χ0n) is 9.12. The number of hydrogen-bond acceptors (Lipinski definition) is 5. The van der Waals surface area contributed by atoms with Crippen molar-refractivity contribution in [2.75, 3.05) is 17.7 Å². The van der Waals surface area contributed by atoms with Crippen molar-refractivity contribution in [3.05, 3.63) is 0 Å². The molecule has 1 aliphatic carbocycles. The SMILES string of the molecule is CCOc1c(N)nsc1NC1CC1CC. The molecule has 5 heteroatoms. The minimum Gasteiger partial charge on any atom is -0.487 e. The molecule has 84 valence electrons. The molecule has 4 nitrogen and oxygen atoms in total. The fourth-order valence-electron chi connectivity index (χ4n) is 1.71. The predicted molar refractivity (Wildman–Crippen MR) is 63.5 cm³/mol. The number of nitrogens with zero attached hydrogens (tertiary/aromatic N) is 1. The van der Waals surface area contributed by atoms with Crippen LogP contribution in [0.15, 0.2) is 0 Å². The second-order valence-electron chi connectivity index (χ2n) is 3.81. The fraction of sp³-hybridized carbons (Fsp3) is 0.700. The van der Waals surface area contributed by atoms with Crippen LogP contribution in [0.3, 0.4) is 0 Å². The van der Waals surface area contributed by atoms with E-state index in [0.717, 1.165) is 16.7 Å². The summed E-state index contributed by atoms with van der Waals surface area (Å²) in [4.78, 5) is 0. The largest absolute Gasteiger partial charge is 0.487 e. The second-order valence-corrected chi connectivity index (χ2v) is 4.59. The summed E-state index contributed by atoms with van der Waals surface area (Å²) in [5, 5.41) is 4.42. The Bertz CT molecular complexity index is 339. The van der Waals surface area contributed by atoms with Gasteiger partial charge in [-0.1, -0.05) is 13.3 Å². The van der Waals surface area contributed by atoms with Crippen molar-refractivity contribution in [2.24, 2.45) is 5.92 Å². The highest BCUT2D eigenvalue weighted by atomic mass is 32.1. The monoisotopic (exact) mass is 227 g/mol. The van der Waals surface area contributed by atoms with Gasteiger partial charge in [-0.2, -0.15) is 4.37 Å². The maximum Gasteiger partial charge on any atom is 0.197 e. The molecule has 1 heterocycles. The fourth-order valence-corrected chi connectivity index (χ4v) is 2.44. The Hall–Kier alpha value is -0.970. The molecular weight excluding hydrogens is 210 g/mol. The Morgan fingerprint density at radius 3 is 3.00 bits per heavy atom. The van der Waals surface area contributed by atoms with Crippen LogP contribution < -0.4 is 15.8 Å². The maximum absolute atomic E-state index is 5.73. The zero-order valence-corrected chi connectivity index (χ0v) is 9.93. The van der Waals surface area contributed by atoms with Crippen molar-refractivity contribution in [1.29, 1.82) is 0 Å². The molecule has 1 aliphatic rings. The first-order valence-electron chi connectivity index (χ1n) is 5.40. The number of anilines is 2. The molecule has 2 unspecified atom stereocenters. The van der Waals surface area contributed by atoms with E-state index in [1.807, 2.05) is 6.92 Å². The first-order valence-corrected chi connectivity index (χ1v) is 6.18. The minimum atomic E-state index is 0.498. The minimum absolute atomic E-state index is 0.498. The molecule has 0 bridgehead atoms. The normalized spacial score (nSPS) is 23.9. The number of nitrogens with two attached hydrogens (primary N) is 1. The van der Waals surface area contributed by atoms with Gasteiger partial charge >= 0.3 is 0 Å². The quantitative estimate of drug-likeness (QED) is 0.810. The third-order valence-electron chi connectivity index (χ3n) is 2.73. The summed E-state index contributed by atoms with van der Waals surface area (Å²) >= 11 is 1.39. The van der Waals surface area contributed by atoms with Crippen LogP contribution in [-0.2, 0) is 0 Å². The van der Waals surface area contributed by atoms with E-state index in [2.05, 4.69) is 16.6 Å². The predicted octanol–water partition coefficient (Wildman–Crippen LogP) is 2.33. The van der Waals surface area contributed by atoms with Gasteiger partial charge in [0.05, 0.1) is 6.61 Å². The molecule has 1 fully saturated rings. The van der Waals surface area contributed by atoms with E-state index >= 15 is 0 Å². The van der Waals surface area contributed by atoms with Gasteiger partial charge in [0.2, 0.25) is 0 Å². The van der Waals surface area contributed by atoms with Crippen LogP contribution in [-0.4, -0.2) is 17.0 Å². The number of nitrogens with one attached hydrogen (secondary N) is 1. The highest BCUT2D eigenvalue weighted by Gasteiger charge is 2.36. The average molecular weight is 227 g/mol. The number of ether oxygens (including phenoxy) is 1. The molecule has 1 saturated carbocycles. The van der Waals surface area contributed by atoms with E-state index < -0.39 is 0 Å². The van der Waals surface area contributed by atoms with Crippen LogP contribution in [0.4, 0.5) is 10.8 Å². The van der Waals surface area contributed by atoms with E-state index in [-0.39, 0.29) is 0 Å². The van der Waals surface area contributed by atoms with Gasteiger partial charge in [0.1, 0.15) is 0 Å². The number of aromatic nitrogens is 1. The first-order chi connectivity index (χ1) is 7.26. The van der Waals surface area contributed by atoms with Crippen LogP contribution in [0.1, 0.15) is 26.7 Å². The van der Waals surface area contributed by atoms with Crippen molar-refractivity contribution >= 4 is 22.4 Å². The molecule has 0 aliphatic heterocycles. The smallest absolute Gasteiger partial charge is 0.197 e. The summed E-state index contributed by atoms with van der Waals surface area (Å²) in [5.74, 6) is 2.03. The Morgan fingerprint density at radius 2 is 2.40 bits per heavy atom. The van der Waals surface area contributed by atoms with Gasteiger partial charge < -0.3 is 15.8 Å². The van der Waals surface area contributed by atoms with Crippen molar-refractivity contribution < 1.29 is 4.74 Å². The molecule has 0 saturated heterocycles. The third kappa shape index (κ3) is 2.17. The van der Waals surface area contributed by atoms with Gasteiger partial charge in [0, 0.05) is 6.04 Å². The summed E-state index contributed by atoms with van der Waals surface area (Å²) in [7, 11) is 0. The van der Waals surface area contributed by atoms with E-state index in [4.69, 9.17) is 10.5 Å². The van der Waals surface area contributed by atoms with E-state index in [0.29, 0.717) is 18.5 Å². The van der Waals surface area contributed by atoms with Crippen molar-refractivity contribution in [2.45, 2.75) is 32.7 Å². The van der Waals surface area contributed by atoms with Crippen LogP contribution in [0.25, 0.3) is 0 Å². The molecule has 1 aromatic rings. The number of rotatable bonds is 5. The molecule has 2 atom stereocenters. The van der Waals surface area contributed by atoms with Gasteiger partial charge in [-0.05, 0) is 30.8 Å². The van der Waals surface area contributed by atoms with Gasteiger partial charge in [-0.3, -0.25) is 0 Å². The zero-order chi connectivity index (χ0) is 10.8. The lowest BCUT2D eigenvalue weighted by molar-refractivity contribution is 0.344. The molecule has 0 spiro atoms. The van der Waals surface area contributed by atoms with Crippen LogP contribution in [0.2, 0.25) is 0 Å². The van der Waals surface area contributed by atoms with Crippen molar-refractivity contribution in [3.63, 3.8) is 0 Å². The van der Waals surface area contributed by atoms with Gasteiger partial charge in [-0.25, -0.2) is 0 Å². The highest BCUT2D eigenvalue weighted by molar-refractivity contribution is 7.11. The molecule has 3 N–H and O–H groups in total. The summed E-state index contributed by atoms with van der Waals surface area (Å²) < 4.78 is 9.56. The van der Waals surface area contributed by atoms with Crippen LogP contribution >= 0.6 is 11.5 Å². The Kier molecular flexibility index (Phi) is 3.00. The van der Waals surface area contributed by atoms with E-state index in [1.54, 1.807) is 0 Å². The topological polar surface area (TPSA) is 60.2 Å². The lowest BCUT2D eigenvalue weighted by Gasteiger charge is -2.06. The van der Waals surface area contributed by atoms with Crippen molar-refractivity contribution in [1.82, 2.24) is 4.37 Å². The number of hydrogen-bond donors (Lipinski definition) is 2. The Morgan fingerprint density at radius 1 is 1.60 bits per heavy atom. The second kappa shape index (κ2) is 4.26. The first kappa shape index (κ1) is 10.5. The van der Waals surface area contributed by atoms with E-state index in [9.17, 15) is 0 Å². The maximum atomic E-state index is 5.73. The van der Waals surface area contributed by atoms with Crippen LogP contribution in [0.5, 0.6) is 5.75 Å². The van der Waals surface area contributed by atoms with Crippen LogP contribution in [0, 0.1) is 5.92 Å². The lowest BCUT2D eigenvalue weighted by Crippen LogP contribution is -2.05. The molecule has 1 aromatic heterocycles. The summed E-state index contributed by atoms with van der Waals surface area (Å²) in [5.41, 5.74) is 5.73. The molecule has 15 heavy (non-hydrogen) atoms. The third-order valence-corrected chi connectivity index (χ3v) is 3.50. The van der Waals surface area contributed by atoms with E-state index in [1.165, 1.54) is 24.4 Å². The Labute approximate surface area is 94.0 Å². The Balaban J connectivity index is 2.01. The number of nitrogen functional groups attached to an aromatic ring is 1. The van der Waals surface area contributed by atoms with Crippen molar-refractivity contribution in [3.8, 4) is 5.75 Å². The van der Waals surface area contributed by atoms with Gasteiger partial charge in [0.15, 0.2) is 16.6 Å². The average Bonchev–Trinajstić information content (AvgIpc) is 2.91. The summed E-state index contributed by atoms with van der Waals surface area (Å²) in [6.45, 7) is 4.79. The summed E-state index contributed by atoms with van der Waals surface area (Å²) in [6, 6.07) is 0.592. The van der Waals surface area contributed by atoms with Gasteiger partial charge in [0.25, 0.3) is 0 Å². The summed E-state index contributed by atoms with van der Waals surface area (Å²) in [6.07, 6.45) is 2.48. The molecule has 0 radical (unpaired) electrons.